The van der Waals surface area contributed by atoms with Gasteiger partial charge in [0.15, 0.2) is 5.13 Å². The van der Waals surface area contributed by atoms with Crippen molar-refractivity contribution in [2.75, 3.05) is 11.6 Å². The third-order valence-electron chi connectivity index (χ3n) is 3.85. The summed E-state index contributed by atoms with van der Waals surface area (Å²) in [6, 6.07) is 15.7. The molecule has 130 valence electrons. The van der Waals surface area contributed by atoms with Gasteiger partial charge in [-0.05, 0) is 30.5 Å². The molecule has 0 aliphatic carbocycles. The van der Waals surface area contributed by atoms with E-state index < -0.39 is 0 Å². The monoisotopic (exact) mass is 381 g/mol. The van der Waals surface area contributed by atoms with Crippen molar-refractivity contribution >= 4 is 45.2 Å². The molecule has 0 radical (unpaired) electrons. The zero-order valence-electron chi connectivity index (χ0n) is 13.9. The van der Waals surface area contributed by atoms with E-state index in [-0.39, 0.29) is 12.5 Å². The lowest BCUT2D eigenvalue weighted by Crippen LogP contribution is -2.19. The van der Waals surface area contributed by atoms with E-state index in [1.54, 1.807) is 16.4 Å². The summed E-state index contributed by atoms with van der Waals surface area (Å²) in [7, 11) is 0. The molecule has 0 unspecified atom stereocenters. The number of benzene rings is 2. The number of nitrogens with zero attached hydrogens (tertiary/aromatic N) is 4. The van der Waals surface area contributed by atoms with Crippen molar-refractivity contribution in [1.82, 2.24) is 20.0 Å². The number of carbonyl (C=O) groups is 1. The first-order valence-corrected chi connectivity index (χ1v) is 10.0. The Bertz CT molecular complexity index is 1050. The van der Waals surface area contributed by atoms with Crippen LogP contribution in [0.15, 0.2) is 58.8 Å². The molecule has 1 N–H and O–H groups in total. The van der Waals surface area contributed by atoms with E-state index in [1.807, 2.05) is 48.0 Å². The minimum atomic E-state index is -0.181. The van der Waals surface area contributed by atoms with E-state index in [1.165, 1.54) is 16.2 Å². The van der Waals surface area contributed by atoms with Gasteiger partial charge in [-0.15, -0.1) is 28.2 Å². The zero-order chi connectivity index (χ0) is 17.9. The molecule has 4 rings (SSSR count). The minimum absolute atomic E-state index is 0.0951. The van der Waals surface area contributed by atoms with Gasteiger partial charge in [0, 0.05) is 15.8 Å². The number of fused-ring (bicyclic) bond motifs is 1. The van der Waals surface area contributed by atoms with Gasteiger partial charge in [0.25, 0.3) is 0 Å². The average Bonchev–Trinajstić information content (AvgIpc) is 3.29. The second kappa shape index (κ2) is 7.27. The Morgan fingerprint density at radius 3 is 2.81 bits per heavy atom. The number of aromatic nitrogens is 4. The quantitative estimate of drug-likeness (QED) is 0.531. The molecule has 0 saturated heterocycles. The second-order valence-corrected chi connectivity index (χ2v) is 7.29. The number of carbonyl (C=O) groups excluding carboxylic acids is 1. The van der Waals surface area contributed by atoms with E-state index >= 15 is 0 Å². The standard InChI is InChI=1S/C18H15N5OS2/c1-25-13-8-6-12(7-9-13)15-11-26-18(19-15)20-17(24)10-23-16-5-3-2-4-14(16)21-22-23/h2-9,11H,10H2,1H3,(H,19,20,24). The molecule has 0 spiro atoms. The lowest BCUT2D eigenvalue weighted by atomic mass is 10.2. The van der Waals surface area contributed by atoms with Crippen molar-refractivity contribution in [3.63, 3.8) is 0 Å². The lowest BCUT2D eigenvalue weighted by Gasteiger charge is -2.02. The molecule has 0 aliphatic heterocycles. The number of para-hydroxylation sites is 1. The Labute approximate surface area is 158 Å². The van der Waals surface area contributed by atoms with Gasteiger partial charge in [0.05, 0.1) is 11.2 Å². The summed E-state index contributed by atoms with van der Waals surface area (Å²) >= 11 is 3.11. The molecule has 1 amide bonds. The molecule has 26 heavy (non-hydrogen) atoms. The summed E-state index contributed by atoms with van der Waals surface area (Å²) in [4.78, 5) is 18.0. The molecule has 2 aromatic carbocycles. The second-order valence-electron chi connectivity index (χ2n) is 5.55. The number of rotatable bonds is 5. The Hall–Kier alpha value is -2.71. The summed E-state index contributed by atoms with van der Waals surface area (Å²) in [6.07, 6.45) is 2.05. The maximum Gasteiger partial charge on any atom is 0.247 e. The minimum Gasteiger partial charge on any atom is -0.300 e. The highest BCUT2D eigenvalue weighted by Crippen LogP contribution is 2.26. The van der Waals surface area contributed by atoms with Crippen LogP contribution in [0.3, 0.4) is 0 Å². The van der Waals surface area contributed by atoms with Crippen LogP contribution >= 0.6 is 23.1 Å². The molecular formula is C18H15N5OS2. The van der Waals surface area contributed by atoms with Gasteiger partial charge in [0.1, 0.15) is 12.1 Å². The van der Waals surface area contributed by atoms with Gasteiger partial charge in [-0.25, -0.2) is 9.67 Å². The highest BCUT2D eigenvalue weighted by molar-refractivity contribution is 7.98. The van der Waals surface area contributed by atoms with E-state index in [4.69, 9.17) is 0 Å². The van der Waals surface area contributed by atoms with E-state index in [0.29, 0.717) is 5.13 Å². The first-order valence-electron chi connectivity index (χ1n) is 7.91. The van der Waals surface area contributed by atoms with Crippen LogP contribution < -0.4 is 5.32 Å². The maximum absolute atomic E-state index is 12.3. The molecular weight excluding hydrogens is 366 g/mol. The van der Waals surface area contributed by atoms with Crippen molar-refractivity contribution in [1.29, 1.82) is 0 Å². The SMILES string of the molecule is CSc1ccc(-c2csc(NC(=O)Cn3nnc4ccccc43)n2)cc1. The lowest BCUT2D eigenvalue weighted by molar-refractivity contribution is -0.116. The fourth-order valence-corrected chi connectivity index (χ4v) is 3.70. The van der Waals surface area contributed by atoms with Crippen molar-refractivity contribution in [2.45, 2.75) is 11.4 Å². The molecule has 0 fully saturated rings. The van der Waals surface area contributed by atoms with Crippen molar-refractivity contribution < 1.29 is 4.79 Å². The summed E-state index contributed by atoms with van der Waals surface area (Å²) in [5, 5.41) is 13.4. The molecule has 2 aromatic heterocycles. The van der Waals surface area contributed by atoms with E-state index in [2.05, 4.69) is 32.7 Å². The smallest absolute Gasteiger partial charge is 0.247 e. The van der Waals surface area contributed by atoms with Gasteiger partial charge in [-0.3, -0.25) is 4.79 Å². The summed E-state index contributed by atoms with van der Waals surface area (Å²) < 4.78 is 1.58. The normalized spacial score (nSPS) is 11.0. The molecule has 8 heteroatoms. The molecule has 0 bridgehead atoms. The number of thioether (sulfide) groups is 1. The Kier molecular flexibility index (Phi) is 4.68. The van der Waals surface area contributed by atoms with Crippen LogP contribution in [-0.4, -0.2) is 32.1 Å². The fourth-order valence-electron chi connectivity index (χ4n) is 2.55. The third kappa shape index (κ3) is 3.47. The van der Waals surface area contributed by atoms with Gasteiger partial charge >= 0.3 is 0 Å². The van der Waals surface area contributed by atoms with E-state index in [9.17, 15) is 4.79 Å². The van der Waals surface area contributed by atoms with Crippen LogP contribution in [0.1, 0.15) is 0 Å². The summed E-state index contributed by atoms with van der Waals surface area (Å²) in [5.41, 5.74) is 3.48. The average molecular weight is 381 g/mol. The number of thiazole rings is 1. The molecule has 6 nitrogen and oxygen atoms in total. The Morgan fingerprint density at radius 1 is 1.19 bits per heavy atom. The van der Waals surface area contributed by atoms with Crippen LogP contribution in [0.5, 0.6) is 0 Å². The first-order chi connectivity index (χ1) is 12.7. The summed E-state index contributed by atoms with van der Waals surface area (Å²) in [6.45, 7) is 0.0951. The molecule has 0 saturated carbocycles. The van der Waals surface area contributed by atoms with Crippen LogP contribution in [-0.2, 0) is 11.3 Å². The topological polar surface area (TPSA) is 72.7 Å². The van der Waals surface area contributed by atoms with Crippen molar-refractivity contribution in [3.05, 3.63) is 53.9 Å². The number of nitrogens with one attached hydrogen (secondary N) is 1. The first kappa shape index (κ1) is 16.7. The number of amides is 1. The third-order valence-corrected chi connectivity index (χ3v) is 5.35. The van der Waals surface area contributed by atoms with Crippen LogP contribution in [0, 0.1) is 0 Å². The van der Waals surface area contributed by atoms with Crippen molar-refractivity contribution in [3.8, 4) is 11.3 Å². The fraction of sp³-hybridized carbons (Fsp3) is 0.111. The Balaban J connectivity index is 1.45. The zero-order valence-corrected chi connectivity index (χ0v) is 15.5. The summed E-state index contributed by atoms with van der Waals surface area (Å²) in [5.74, 6) is -0.181. The van der Waals surface area contributed by atoms with Gasteiger partial charge in [0.2, 0.25) is 5.91 Å². The molecule has 4 aromatic rings. The Morgan fingerprint density at radius 2 is 2.00 bits per heavy atom. The van der Waals surface area contributed by atoms with Crippen LogP contribution in [0.4, 0.5) is 5.13 Å². The number of hydrogen-bond donors (Lipinski definition) is 1. The highest BCUT2D eigenvalue weighted by atomic mass is 32.2. The van der Waals surface area contributed by atoms with Gasteiger partial charge in [-0.1, -0.05) is 29.5 Å². The predicted octanol–water partition coefficient (Wildman–Crippen LogP) is 3.92. The van der Waals surface area contributed by atoms with Gasteiger partial charge in [-0.2, -0.15) is 0 Å². The molecule has 2 heterocycles. The van der Waals surface area contributed by atoms with E-state index in [0.717, 1.165) is 22.3 Å². The highest BCUT2D eigenvalue weighted by Gasteiger charge is 2.11. The predicted molar refractivity (Wildman–Crippen MR) is 105 cm³/mol. The van der Waals surface area contributed by atoms with Crippen LogP contribution in [0.2, 0.25) is 0 Å². The number of hydrogen-bond acceptors (Lipinski definition) is 6. The molecule has 0 atom stereocenters. The van der Waals surface area contributed by atoms with Gasteiger partial charge < -0.3 is 5.32 Å². The number of anilines is 1. The van der Waals surface area contributed by atoms with Crippen LogP contribution in [0.25, 0.3) is 22.3 Å². The molecule has 0 aliphatic rings. The van der Waals surface area contributed by atoms with Crippen molar-refractivity contribution in [2.24, 2.45) is 0 Å². The largest absolute Gasteiger partial charge is 0.300 e. The maximum atomic E-state index is 12.3.